The summed E-state index contributed by atoms with van der Waals surface area (Å²) in [6.07, 6.45) is 2.30. The average Bonchev–Trinajstić information content (AvgIpc) is 2.93. The summed E-state index contributed by atoms with van der Waals surface area (Å²) in [5.41, 5.74) is 5.83. The van der Waals surface area contributed by atoms with Gasteiger partial charge in [0, 0.05) is 25.6 Å². The Bertz CT molecular complexity index is 189. The molecule has 1 saturated carbocycles. The van der Waals surface area contributed by atoms with Crippen LogP contribution in [0.1, 0.15) is 19.8 Å². The van der Waals surface area contributed by atoms with E-state index in [0.29, 0.717) is 6.54 Å². The first-order valence-electron chi connectivity index (χ1n) is 4.82. The van der Waals surface area contributed by atoms with E-state index in [1.54, 1.807) is 11.9 Å². The number of nitrogens with zero attached hydrogens (tertiary/aromatic N) is 1. The van der Waals surface area contributed by atoms with Crippen LogP contribution in [0.5, 0.6) is 0 Å². The van der Waals surface area contributed by atoms with Gasteiger partial charge in [-0.15, -0.1) is 0 Å². The van der Waals surface area contributed by atoms with Crippen LogP contribution < -0.4 is 11.1 Å². The molecule has 0 aliphatic heterocycles. The molecule has 4 nitrogen and oxygen atoms in total. The van der Waals surface area contributed by atoms with Crippen molar-refractivity contribution in [3.63, 3.8) is 0 Å². The molecule has 0 unspecified atom stereocenters. The minimum absolute atomic E-state index is 0.00206. The summed E-state index contributed by atoms with van der Waals surface area (Å²) in [6, 6.07) is 0.00206. The summed E-state index contributed by atoms with van der Waals surface area (Å²) in [7, 11) is 1.79. The van der Waals surface area contributed by atoms with Crippen LogP contribution in [0.25, 0.3) is 0 Å². The molecule has 3 N–H and O–H groups in total. The molecule has 1 aliphatic rings. The highest BCUT2D eigenvalue weighted by molar-refractivity contribution is 5.73. The number of nitrogens with one attached hydrogen (secondary N) is 1. The van der Waals surface area contributed by atoms with Gasteiger partial charge in [-0.25, -0.2) is 4.79 Å². The fourth-order valence-corrected chi connectivity index (χ4v) is 1.17. The van der Waals surface area contributed by atoms with E-state index in [2.05, 4.69) is 5.32 Å². The third-order valence-corrected chi connectivity index (χ3v) is 2.83. The number of hydrogen-bond donors (Lipinski definition) is 2. The second-order valence-electron chi connectivity index (χ2n) is 3.88. The smallest absolute Gasteiger partial charge is 0.317 e. The number of rotatable bonds is 4. The van der Waals surface area contributed by atoms with Gasteiger partial charge in [0.05, 0.1) is 0 Å². The van der Waals surface area contributed by atoms with Crippen LogP contribution in [0.15, 0.2) is 0 Å². The first kappa shape index (κ1) is 10.3. The topological polar surface area (TPSA) is 58.4 Å². The van der Waals surface area contributed by atoms with Gasteiger partial charge in [-0.3, -0.25) is 0 Å². The van der Waals surface area contributed by atoms with Crippen molar-refractivity contribution in [3.8, 4) is 0 Å². The van der Waals surface area contributed by atoms with Crippen molar-refractivity contribution < 1.29 is 4.79 Å². The van der Waals surface area contributed by atoms with Crippen molar-refractivity contribution in [3.05, 3.63) is 0 Å². The van der Waals surface area contributed by atoms with Crippen LogP contribution in [0.3, 0.4) is 0 Å². The maximum atomic E-state index is 11.3. The highest BCUT2D eigenvalue weighted by Crippen LogP contribution is 2.43. The first-order valence-corrected chi connectivity index (χ1v) is 4.82. The van der Waals surface area contributed by atoms with Gasteiger partial charge in [0.2, 0.25) is 0 Å². The molecule has 0 saturated heterocycles. The lowest BCUT2D eigenvalue weighted by molar-refractivity contribution is 0.208. The first-order chi connectivity index (χ1) is 6.13. The zero-order valence-corrected chi connectivity index (χ0v) is 8.47. The maximum Gasteiger partial charge on any atom is 0.317 e. The van der Waals surface area contributed by atoms with E-state index in [1.165, 1.54) is 0 Å². The van der Waals surface area contributed by atoms with Crippen molar-refractivity contribution in [2.75, 3.05) is 26.7 Å². The van der Waals surface area contributed by atoms with E-state index in [1.807, 2.05) is 6.92 Å². The minimum Gasteiger partial charge on any atom is -0.337 e. The molecular formula is C9H19N3O. The molecule has 4 heteroatoms. The van der Waals surface area contributed by atoms with E-state index in [0.717, 1.165) is 25.9 Å². The lowest BCUT2D eigenvalue weighted by atomic mass is 10.1. The molecule has 0 aromatic heterocycles. The van der Waals surface area contributed by atoms with Crippen LogP contribution >= 0.6 is 0 Å². The van der Waals surface area contributed by atoms with Crippen molar-refractivity contribution >= 4 is 6.03 Å². The maximum absolute atomic E-state index is 11.3. The van der Waals surface area contributed by atoms with Crippen LogP contribution in [0.2, 0.25) is 0 Å². The third-order valence-electron chi connectivity index (χ3n) is 2.83. The molecule has 0 atom stereocenters. The zero-order chi connectivity index (χ0) is 9.90. The summed E-state index contributed by atoms with van der Waals surface area (Å²) >= 11 is 0. The Labute approximate surface area is 79.5 Å². The predicted octanol–water partition coefficient (Wildman–Crippen LogP) is 0.387. The Morgan fingerprint density at radius 1 is 1.62 bits per heavy atom. The monoisotopic (exact) mass is 185 g/mol. The van der Waals surface area contributed by atoms with Crippen molar-refractivity contribution in [1.82, 2.24) is 10.2 Å². The SMILES string of the molecule is CCN(C)C(=O)NCC1(CN)CC1. The van der Waals surface area contributed by atoms with E-state index in [4.69, 9.17) is 5.73 Å². The molecule has 0 aromatic rings. The molecule has 1 rings (SSSR count). The second kappa shape index (κ2) is 3.96. The van der Waals surface area contributed by atoms with Gasteiger partial charge in [-0.2, -0.15) is 0 Å². The van der Waals surface area contributed by atoms with Gasteiger partial charge < -0.3 is 16.0 Å². The fraction of sp³-hybridized carbons (Fsp3) is 0.889. The van der Waals surface area contributed by atoms with Gasteiger partial charge in [0.1, 0.15) is 0 Å². The predicted molar refractivity (Wildman–Crippen MR) is 52.4 cm³/mol. The van der Waals surface area contributed by atoms with Gasteiger partial charge in [0.15, 0.2) is 0 Å². The quantitative estimate of drug-likeness (QED) is 0.665. The zero-order valence-electron chi connectivity index (χ0n) is 8.47. The Hall–Kier alpha value is -0.770. The Morgan fingerprint density at radius 2 is 2.23 bits per heavy atom. The lowest BCUT2D eigenvalue weighted by Crippen LogP contribution is -2.41. The normalized spacial score (nSPS) is 18.1. The molecule has 0 aromatic carbocycles. The number of carbonyl (C=O) groups is 1. The van der Waals surface area contributed by atoms with E-state index >= 15 is 0 Å². The van der Waals surface area contributed by atoms with Gasteiger partial charge in [0.25, 0.3) is 0 Å². The molecule has 0 radical (unpaired) electrons. The number of hydrogen-bond acceptors (Lipinski definition) is 2. The van der Waals surface area contributed by atoms with Gasteiger partial charge in [-0.05, 0) is 26.3 Å². The fourth-order valence-electron chi connectivity index (χ4n) is 1.17. The average molecular weight is 185 g/mol. The van der Waals surface area contributed by atoms with E-state index in [9.17, 15) is 4.79 Å². The van der Waals surface area contributed by atoms with Crippen molar-refractivity contribution in [1.29, 1.82) is 0 Å². The molecule has 1 aliphatic carbocycles. The number of urea groups is 1. The van der Waals surface area contributed by atoms with E-state index in [-0.39, 0.29) is 11.4 Å². The molecule has 13 heavy (non-hydrogen) atoms. The summed E-state index contributed by atoms with van der Waals surface area (Å²) in [6.45, 7) is 4.10. The molecule has 1 fully saturated rings. The third kappa shape index (κ3) is 2.59. The Morgan fingerprint density at radius 3 is 2.62 bits per heavy atom. The van der Waals surface area contributed by atoms with Crippen LogP contribution in [-0.4, -0.2) is 37.6 Å². The number of amides is 2. The Kier molecular flexibility index (Phi) is 3.14. The molecule has 0 bridgehead atoms. The van der Waals surface area contributed by atoms with Crippen molar-refractivity contribution in [2.45, 2.75) is 19.8 Å². The molecular weight excluding hydrogens is 166 g/mol. The molecule has 0 spiro atoms. The summed E-state index contributed by atoms with van der Waals surface area (Å²) in [5.74, 6) is 0. The summed E-state index contributed by atoms with van der Waals surface area (Å²) < 4.78 is 0. The highest BCUT2D eigenvalue weighted by Gasteiger charge is 2.41. The highest BCUT2D eigenvalue weighted by atomic mass is 16.2. The number of carbonyl (C=O) groups excluding carboxylic acids is 1. The Balaban J connectivity index is 2.22. The molecule has 2 amide bonds. The van der Waals surface area contributed by atoms with Gasteiger partial charge in [-0.1, -0.05) is 0 Å². The van der Waals surface area contributed by atoms with Gasteiger partial charge >= 0.3 is 6.03 Å². The molecule has 0 heterocycles. The summed E-state index contributed by atoms with van der Waals surface area (Å²) in [4.78, 5) is 13.0. The minimum atomic E-state index is 0.00206. The second-order valence-corrected chi connectivity index (χ2v) is 3.88. The lowest BCUT2D eigenvalue weighted by Gasteiger charge is -2.18. The number of nitrogens with two attached hydrogens (primary N) is 1. The standard InChI is InChI=1S/C9H19N3O/c1-3-12(2)8(13)11-7-9(6-10)4-5-9/h3-7,10H2,1-2H3,(H,11,13). The largest absolute Gasteiger partial charge is 0.337 e. The van der Waals surface area contributed by atoms with Crippen LogP contribution in [-0.2, 0) is 0 Å². The van der Waals surface area contributed by atoms with Crippen LogP contribution in [0.4, 0.5) is 4.79 Å². The van der Waals surface area contributed by atoms with Crippen LogP contribution in [0, 0.1) is 5.41 Å². The van der Waals surface area contributed by atoms with E-state index < -0.39 is 0 Å². The summed E-state index contributed by atoms with van der Waals surface area (Å²) in [5, 5.41) is 2.89. The molecule has 76 valence electrons. The van der Waals surface area contributed by atoms with Crippen molar-refractivity contribution in [2.24, 2.45) is 11.1 Å².